The Hall–Kier alpha value is -1.42. The third-order valence-electron chi connectivity index (χ3n) is 8.36. The zero-order valence-corrected chi connectivity index (χ0v) is 16.8. The van der Waals surface area contributed by atoms with Gasteiger partial charge < -0.3 is 9.84 Å². The van der Waals surface area contributed by atoms with Crippen molar-refractivity contribution in [3.8, 4) is 0 Å². The minimum absolute atomic E-state index is 0.00277. The Bertz CT molecular complexity index is 720. The van der Waals surface area contributed by atoms with Gasteiger partial charge in [-0.3, -0.25) is 9.59 Å². The molecule has 4 heteroatoms. The molecule has 0 saturated heterocycles. The van der Waals surface area contributed by atoms with Crippen LogP contribution < -0.4 is 0 Å². The van der Waals surface area contributed by atoms with Crippen molar-refractivity contribution in [2.75, 3.05) is 6.61 Å². The van der Waals surface area contributed by atoms with Gasteiger partial charge >= 0.3 is 5.97 Å². The molecule has 0 aromatic rings. The Morgan fingerprint density at radius 1 is 1.26 bits per heavy atom. The van der Waals surface area contributed by atoms with Gasteiger partial charge in [-0.25, -0.2) is 0 Å². The molecule has 0 amide bonds. The number of aliphatic hydroxyl groups excluding tert-OH is 1. The standard InChI is InChI=1S/C23H32O4/c1-14(24)27-11-9-15-5-7-19-18-6-4-16-12-17(25)8-10-22(16,2)21(18)20(26)13-23(15,19)3/h9,12,18-21,26H,4-8,10-11,13H2,1-3H3/b15-9+/t18-,19-,20+,21+,22-,23+/m0/s1. The normalized spacial score (nSPS) is 45.0. The van der Waals surface area contributed by atoms with E-state index in [0.717, 1.165) is 38.5 Å². The summed E-state index contributed by atoms with van der Waals surface area (Å²) in [7, 11) is 0. The monoisotopic (exact) mass is 372 g/mol. The van der Waals surface area contributed by atoms with Crippen molar-refractivity contribution in [3.63, 3.8) is 0 Å². The predicted molar refractivity (Wildman–Crippen MR) is 103 cm³/mol. The van der Waals surface area contributed by atoms with Crippen LogP contribution in [0.25, 0.3) is 0 Å². The largest absolute Gasteiger partial charge is 0.462 e. The first-order valence-corrected chi connectivity index (χ1v) is 10.5. The second kappa shape index (κ2) is 6.58. The van der Waals surface area contributed by atoms with Crippen molar-refractivity contribution in [2.45, 2.75) is 71.8 Å². The van der Waals surface area contributed by atoms with E-state index in [-0.39, 0.29) is 34.6 Å². The lowest BCUT2D eigenvalue weighted by atomic mass is 9.46. The van der Waals surface area contributed by atoms with Crippen LogP contribution in [0.15, 0.2) is 23.3 Å². The van der Waals surface area contributed by atoms with Gasteiger partial charge in [0.1, 0.15) is 6.61 Å². The average molecular weight is 373 g/mol. The maximum absolute atomic E-state index is 11.9. The van der Waals surface area contributed by atoms with Crippen LogP contribution in [-0.4, -0.2) is 29.6 Å². The quantitative estimate of drug-likeness (QED) is 0.588. The molecular weight excluding hydrogens is 340 g/mol. The number of aliphatic hydroxyl groups is 1. The number of hydrogen-bond acceptors (Lipinski definition) is 4. The highest BCUT2D eigenvalue weighted by atomic mass is 16.5. The number of hydrogen-bond donors (Lipinski definition) is 1. The maximum Gasteiger partial charge on any atom is 0.302 e. The summed E-state index contributed by atoms with van der Waals surface area (Å²) in [4.78, 5) is 23.0. The van der Waals surface area contributed by atoms with Crippen LogP contribution >= 0.6 is 0 Å². The third-order valence-corrected chi connectivity index (χ3v) is 8.36. The number of fused-ring (bicyclic) bond motifs is 5. The first-order valence-electron chi connectivity index (χ1n) is 10.5. The average Bonchev–Trinajstić information content (AvgIpc) is 2.91. The van der Waals surface area contributed by atoms with Crippen molar-refractivity contribution in [1.82, 2.24) is 0 Å². The number of carbonyl (C=O) groups is 2. The lowest BCUT2D eigenvalue weighted by Crippen LogP contribution is -2.55. The lowest BCUT2D eigenvalue weighted by Gasteiger charge is -2.59. The molecule has 0 aromatic heterocycles. The minimum atomic E-state index is -0.339. The molecule has 27 heavy (non-hydrogen) atoms. The lowest BCUT2D eigenvalue weighted by molar-refractivity contribution is -0.139. The van der Waals surface area contributed by atoms with Crippen LogP contribution in [-0.2, 0) is 14.3 Å². The van der Waals surface area contributed by atoms with E-state index in [1.165, 1.54) is 18.1 Å². The van der Waals surface area contributed by atoms with Gasteiger partial charge in [-0.2, -0.15) is 0 Å². The van der Waals surface area contributed by atoms with E-state index in [9.17, 15) is 14.7 Å². The molecule has 0 bridgehead atoms. The number of esters is 1. The molecule has 4 aliphatic carbocycles. The molecule has 0 unspecified atom stereocenters. The second-order valence-electron chi connectivity index (χ2n) is 9.65. The van der Waals surface area contributed by atoms with Crippen molar-refractivity contribution >= 4 is 11.8 Å². The molecule has 4 nitrogen and oxygen atoms in total. The SMILES string of the molecule is CC(=O)OC/C=C1\CC[C@H]2[C@@H]3CCC4=CC(=O)CC[C@]4(C)[C@H]3[C@H](O)C[C@]12C. The highest BCUT2D eigenvalue weighted by Crippen LogP contribution is 2.66. The minimum Gasteiger partial charge on any atom is -0.462 e. The highest BCUT2D eigenvalue weighted by Gasteiger charge is 2.60. The van der Waals surface area contributed by atoms with Crippen LogP contribution in [0.3, 0.4) is 0 Å². The van der Waals surface area contributed by atoms with E-state index in [4.69, 9.17) is 4.74 Å². The van der Waals surface area contributed by atoms with E-state index in [2.05, 4.69) is 19.9 Å². The molecule has 4 rings (SSSR count). The molecule has 0 heterocycles. The van der Waals surface area contributed by atoms with Gasteiger partial charge in [0, 0.05) is 13.3 Å². The Labute approximate surface area is 162 Å². The number of ether oxygens (including phenoxy) is 1. The molecule has 0 spiro atoms. The van der Waals surface area contributed by atoms with E-state index in [1.807, 2.05) is 6.08 Å². The highest BCUT2D eigenvalue weighted by molar-refractivity contribution is 5.91. The molecule has 3 saturated carbocycles. The molecule has 1 N–H and O–H groups in total. The Morgan fingerprint density at radius 3 is 2.78 bits per heavy atom. The van der Waals surface area contributed by atoms with Gasteiger partial charge in [-0.1, -0.05) is 25.0 Å². The van der Waals surface area contributed by atoms with Crippen molar-refractivity contribution in [1.29, 1.82) is 0 Å². The zero-order chi connectivity index (χ0) is 19.4. The van der Waals surface area contributed by atoms with Crippen LogP contribution in [0.1, 0.15) is 65.7 Å². The van der Waals surface area contributed by atoms with Crippen molar-refractivity contribution < 1.29 is 19.4 Å². The summed E-state index contributed by atoms with van der Waals surface area (Å²) in [5.41, 5.74) is 2.62. The van der Waals surface area contributed by atoms with Crippen LogP contribution in [0, 0.1) is 28.6 Å². The summed E-state index contributed by atoms with van der Waals surface area (Å²) in [6.45, 7) is 6.38. The molecule has 3 fully saturated rings. The third kappa shape index (κ3) is 2.91. The summed E-state index contributed by atoms with van der Waals surface area (Å²) >= 11 is 0. The maximum atomic E-state index is 11.9. The second-order valence-corrected chi connectivity index (χ2v) is 9.65. The van der Waals surface area contributed by atoms with E-state index in [0.29, 0.717) is 24.9 Å². The molecule has 0 aliphatic heterocycles. The Morgan fingerprint density at radius 2 is 2.04 bits per heavy atom. The van der Waals surface area contributed by atoms with Gasteiger partial charge in [0.25, 0.3) is 0 Å². The summed E-state index contributed by atoms with van der Waals surface area (Å²) < 4.78 is 5.14. The van der Waals surface area contributed by atoms with E-state index < -0.39 is 0 Å². The summed E-state index contributed by atoms with van der Waals surface area (Å²) in [6.07, 6.45) is 10.2. The van der Waals surface area contributed by atoms with Crippen LogP contribution in [0.5, 0.6) is 0 Å². The molecule has 0 aromatic carbocycles. The van der Waals surface area contributed by atoms with Gasteiger partial charge in [0.05, 0.1) is 6.10 Å². The van der Waals surface area contributed by atoms with E-state index in [1.54, 1.807) is 0 Å². The molecular formula is C23H32O4. The van der Waals surface area contributed by atoms with Crippen LogP contribution in [0.4, 0.5) is 0 Å². The smallest absolute Gasteiger partial charge is 0.302 e. The predicted octanol–water partition coefficient (Wildman–Crippen LogP) is 3.98. The molecule has 148 valence electrons. The molecule has 6 atom stereocenters. The number of rotatable bonds is 2. The van der Waals surface area contributed by atoms with Gasteiger partial charge in [0.2, 0.25) is 0 Å². The van der Waals surface area contributed by atoms with Crippen LogP contribution in [0.2, 0.25) is 0 Å². The van der Waals surface area contributed by atoms with Crippen molar-refractivity contribution in [3.05, 3.63) is 23.3 Å². The fourth-order valence-corrected chi connectivity index (χ4v) is 7.13. The Kier molecular flexibility index (Phi) is 4.61. The first-order chi connectivity index (χ1) is 12.8. The number of carbonyl (C=O) groups excluding carboxylic acids is 2. The van der Waals surface area contributed by atoms with Gasteiger partial charge in [-0.15, -0.1) is 0 Å². The van der Waals surface area contributed by atoms with Gasteiger partial charge in [-0.05, 0) is 79.3 Å². The fraction of sp³-hybridized carbons (Fsp3) is 0.739. The first kappa shape index (κ1) is 18.9. The fourth-order valence-electron chi connectivity index (χ4n) is 7.13. The van der Waals surface area contributed by atoms with E-state index >= 15 is 0 Å². The number of ketones is 1. The summed E-state index contributed by atoms with van der Waals surface area (Å²) in [5, 5.41) is 11.3. The topological polar surface area (TPSA) is 63.6 Å². The Balaban J connectivity index is 1.63. The summed E-state index contributed by atoms with van der Waals surface area (Å²) in [5.74, 6) is 1.35. The summed E-state index contributed by atoms with van der Waals surface area (Å²) in [6, 6.07) is 0. The molecule has 0 radical (unpaired) electrons. The van der Waals surface area contributed by atoms with Gasteiger partial charge in [0.15, 0.2) is 5.78 Å². The number of allylic oxidation sites excluding steroid dienone is 2. The van der Waals surface area contributed by atoms with Crippen molar-refractivity contribution in [2.24, 2.45) is 28.6 Å². The zero-order valence-electron chi connectivity index (χ0n) is 16.8. The molecule has 4 aliphatic rings.